The molecule has 1 amide bonds. The molecule has 6 heteroatoms. The van der Waals surface area contributed by atoms with Crippen molar-refractivity contribution in [1.82, 2.24) is 10.6 Å². The second-order valence-corrected chi connectivity index (χ2v) is 7.73. The van der Waals surface area contributed by atoms with Crippen molar-refractivity contribution in [2.75, 3.05) is 33.9 Å². The molecule has 6 nitrogen and oxygen atoms in total. The van der Waals surface area contributed by atoms with Gasteiger partial charge in [0.25, 0.3) is 5.91 Å². The van der Waals surface area contributed by atoms with E-state index in [2.05, 4.69) is 17.6 Å². The van der Waals surface area contributed by atoms with Crippen molar-refractivity contribution in [3.63, 3.8) is 0 Å². The van der Waals surface area contributed by atoms with E-state index in [1.807, 2.05) is 30.3 Å². The van der Waals surface area contributed by atoms with E-state index in [0.29, 0.717) is 36.0 Å². The lowest BCUT2D eigenvalue weighted by Gasteiger charge is -2.34. The molecule has 2 N–H and O–H groups in total. The van der Waals surface area contributed by atoms with Crippen LogP contribution in [0.4, 0.5) is 0 Å². The van der Waals surface area contributed by atoms with E-state index < -0.39 is 0 Å². The molecule has 0 saturated carbocycles. The maximum absolute atomic E-state index is 12.8. The number of carbonyl (C=O) groups excluding carboxylic acids is 1. The lowest BCUT2D eigenvalue weighted by molar-refractivity contribution is 0.0921. The van der Waals surface area contributed by atoms with Crippen molar-refractivity contribution in [1.29, 1.82) is 0 Å². The van der Waals surface area contributed by atoms with Crippen molar-refractivity contribution in [2.45, 2.75) is 26.4 Å². The third-order valence-corrected chi connectivity index (χ3v) is 5.44. The first-order valence-corrected chi connectivity index (χ1v) is 9.96. The summed E-state index contributed by atoms with van der Waals surface area (Å²) >= 11 is 0. The molecule has 2 aromatic rings. The number of nitrogens with one attached hydrogen (secondary N) is 2. The minimum absolute atomic E-state index is 0.119. The number of ether oxygens (including phenoxy) is 3. The Morgan fingerprint density at radius 3 is 2.28 bits per heavy atom. The van der Waals surface area contributed by atoms with E-state index in [4.69, 9.17) is 14.2 Å². The summed E-state index contributed by atoms with van der Waals surface area (Å²) in [4.78, 5) is 12.8. The number of amides is 1. The van der Waals surface area contributed by atoms with Gasteiger partial charge >= 0.3 is 0 Å². The molecule has 1 fully saturated rings. The lowest BCUT2D eigenvalue weighted by atomic mass is 9.81. The quantitative estimate of drug-likeness (QED) is 0.713. The van der Waals surface area contributed by atoms with Gasteiger partial charge in [-0.3, -0.25) is 4.79 Å². The topological polar surface area (TPSA) is 68.8 Å². The Kier molecular flexibility index (Phi) is 6.99. The molecule has 0 aliphatic carbocycles. The van der Waals surface area contributed by atoms with Gasteiger partial charge in [0.15, 0.2) is 11.5 Å². The van der Waals surface area contributed by atoms with E-state index in [1.54, 1.807) is 26.4 Å². The Hall–Kier alpha value is -2.73. The van der Waals surface area contributed by atoms with Crippen LogP contribution in [0.1, 0.15) is 35.7 Å². The fraction of sp³-hybridized carbons (Fsp3) is 0.435. The van der Waals surface area contributed by atoms with Crippen LogP contribution in [0.15, 0.2) is 42.5 Å². The van der Waals surface area contributed by atoms with Crippen LogP contribution in [0.25, 0.3) is 0 Å². The number of benzene rings is 2. The van der Waals surface area contributed by atoms with E-state index >= 15 is 0 Å². The van der Waals surface area contributed by atoms with Gasteiger partial charge in [0.05, 0.1) is 14.2 Å². The summed E-state index contributed by atoms with van der Waals surface area (Å²) in [6.07, 6.45) is 2.10. The molecule has 1 aliphatic heterocycles. The lowest BCUT2D eigenvalue weighted by Crippen LogP contribution is -2.42. The van der Waals surface area contributed by atoms with Crippen molar-refractivity contribution in [3.8, 4) is 17.2 Å². The van der Waals surface area contributed by atoms with Gasteiger partial charge in [-0.25, -0.2) is 0 Å². The highest BCUT2D eigenvalue weighted by molar-refractivity contribution is 5.95. The van der Waals surface area contributed by atoms with Gasteiger partial charge in [0, 0.05) is 12.1 Å². The standard InChI is InChI=1S/C23H30N2O4/c1-23(9-11-24-12-10-23)16-25-22(26)18-13-19(27-2)21(20(14-18)28-3)29-15-17-7-5-4-6-8-17/h4-8,13-14,24H,9-12,15-16H2,1-3H3,(H,25,26). The Balaban J connectivity index is 1.73. The van der Waals surface area contributed by atoms with Gasteiger partial charge in [0.2, 0.25) is 5.75 Å². The minimum Gasteiger partial charge on any atom is -0.493 e. The van der Waals surface area contributed by atoms with E-state index in [0.717, 1.165) is 31.5 Å². The smallest absolute Gasteiger partial charge is 0.251 e. The van der Waals surface area contributed by atoms with Crippen molar-refractivity contribution >= 4 is 5.91 Å². The van der Waals surface area contributed by atoms with E-state index in [9.17, 15) is 4.79 Å². The van der Waals surface area contributed by atoms with Gasteiger partial charge in [-0.2, -0.15) is 0 Å². The number of methoxy groups -OCH3 is 2. The monoisotopic (exact) mass is 398 g/mol. The van der Waals surface area contributed by atoms with Crippen LogP contribution in [0.5, 0.6) is 17.2 Å². The zero-order chi connectivity index (χ0) is 20.7. The van der Waals surface area contributed by atoms with Crippen LogP contribution < -0.4 is 24.8 Å². The molecule has 1 aliphatic rings. The molecule has 2 aromatic carbocycles. The highest BCUT2D eigenvalue weighted by Gasteiger charge is 2.27. The normalized spacial score (nSPS) is 15.4. The van der Waals surface area contributed by atoms with E-state index in [-0.39, 0.29) is 11.3 Å². The Morgan fingerprint density at radius 2 is 1.69 bits per heavy atom. The van der Waals surface area contributed by atoms with Crippen LogP contribution in [-0.2, 0) is 6.61 Å². The summed E-state index contributed by atoms with van der Waals surface area (Å²) in [6, 6.07) is 13.3. The summed E-state index contributed by atoms with van der Waals surface area (Å²) in [5, 5.41) is 6.43. The molecule has 0 radical (unpaired) electrons. The second kappa shape index (κ2) is 9.65. The zero-order valence-electron chi connectivity index (χ0n) is 17.4. The first-order chi connectivity index (χ1) is 14.0. The van der Waals surface area contributed by atoms with E-state index in [1.165, 1.54) is 0 Å². The molecule has 1 saturated heterocycles. The molecule has 1 heterocycles. The van der Waals surface area contributed by atoms with Crippen LogP contribution in [0, 0.1) is 5.41 Å². The molecule has 0 aromatic heterocycles. The van der Waals surface area contributed by atoms with Gasteiger partial charge in [-0.05, 0) is 49.0 Å². The zero-order valence-corrected chi connectivity index (χ0v) is 17.4. The van der Waals surface area contributed by atoms with Gasteiger partial charge < -0.3 is 24.8 Å². The van der Waals surface area contributed by atoms with Gasteiger partial charge in [-0.1, -0.05) is 37.3 Å². The Bertz CT molecular complexity index is 792. The third kappa shape index (κ3) is 5.41. The minimum atomic E-state index is -0.143. The predicted molar refractivity (Wildman–Crippen MR) is 113 cm³/mol. The first kappa shape index (κ1) is 21.0. The summed E-state index contributed by atoms with van der Waals surface area (Å²) < 4.78 is 16.9. The average Bonchev–Trinajstić information content (AvgIpc) is 2.76. The van der Waals surface area contributed by atoms with Gasteiger partial charge in [-0.15, -0.1) is 0 Å². The molecule has 0 bridgehead atoms. The number of carbonyl (C=O) groups is 1. The fourth-order valence-electron chi connectivity index (χ4n) is 3.49. The number of piperidine rings is 1. The summed E-state index contributed by atoms with van der Waals surface area (Å²) in [5.74, 6) is 1.29. The summed E-state index contributed by atoms with van der Waals surface area (Å²) in [6.45, 7) is 5.22. The van der Waals surface area contributed by atoms with Crippen molar-refractivity contribution in [2.24, 2.45) is 5.41 Å². The molecule has 0 spiro atoms. The molecule has 156 valence electrons. The molecule has 29 heavy (non-hydrogen) atoms. The Labute approximate surface area is 172 Å². The maximum atomic E-state index is 12.8. The van der Waals surface area contributed by atoms with Crippen molar-refractivity contribution in [3.05, 3.63) is 53.6 Å². The van der Waals surface area contributed by atoms with Crippen LogP contribution >= 0.6 is 0 Å². The van der Waals surface area contributed by atoms with Crippen LogP contribution in [0.2, 0.25) is 0 Å². The van der Waals surface area contributed by atoms with Gasteiger partial charge in [0.1, 0.15) is 6.61 Å². The summed E-state index contributed by atoms with van der Waals surface area (Å²) in [5.41, 5.74) is 1.64. The SMILES string of the molecule is COc1cc(C(=O)NCC2(C)CCNCC2)cc(OC)c1OCc1ccccc1. The number of hydrogen-bond donors (Lipinski definition) is 2. The highest BCUT2D eigenvalue weighted by atomic mass is 16.5. The number of rotatable bonds is 8. The second-order valence-electron chi connectivity index (χ2n) is 7.73. The van der Waals surface area contributed by atoms with Crippen molar-refractivity contribution < 1.29 is 19.0 Å². The molecule has 0 atom stereocenters. The average molecular weight is 399 g/mol. The molecular weight excluding hydrogens is 368 g/mol. The fourth-order valence-corrected chi connectivity index (χ4v) is 3.49. The number of hydrogen-bond acceptors (Lipinski definition) is 5. The molecule has 3 rings (SSSR count). The maximum Gasteiger partial charge on any atom is 0.251 e. The van der Waals surface area contributed by atoms with Crippen LogP contribution in [-0.4, -0.2) is 39.8 Å². The predicted octanol–water partition coefficient (Wildman–Crippen LogP) is 3.40. The highest BCUT2D eigenvalue weighted by Crippen LogP contribution is 2.39. The molecular formula is C23H30N2O4. The Morgan fingerprint density at radius 1 is 1.07 bits per heavy atom. The third-order valence-electron chi connectivity index (χ3n) is 5.44. The first-order valence-electron chi connectivity index (χ1n) is 9.96. The molecule has 0 unspecified atom stereocenters. The van der Waals surface area contributed by atoms with Crippen LogP contribution in [0.3, 0.4) is 0 Å². The summed E-state index contributed by atoms with van der Waals surface area (Å²) in [7, 11) is 3.11. The largest absolute Gasteiger partial charge is 0.493 e.